The standard InChI is InChI=1S/C18H16ClFN2O2/c19-13-6-7-15(16(20)10-13)18(24)21-11-12-3-1-4-14(9-12)22-8-2-5-17(22)23/h1,3-4,6-7,9-10H,2,5,8,11H2,(H,21,24). The first-order valence-corrected chi connectivity index (χ1v) is 8.05. The summed E-state index contributed by atoms with van der Waals surface area (Å²) in [6.45, 7) is 0.960. The SMILES string of the molecule is O=C(NCc1cccc(N2CCCC2=O)c1)c1ccc(Cl)cc1F. The summed E-state index contributed by atoms with van der Waals surface area (Å²) in [6, 6.07) is 11.4. The first kappa shape index (κ1) is 16.5. The number of nitrogens with one attached hydrogen (secondary N) is 1. The molecule has 124 valence electrons. The fourth-order valence-electron chi connectivity index (χ4n) is 2.71. The molecule has 0 saturated carbocycles. The molecule has 0 radical (unpaired) electrons. The molecule has 1 fully saturated rings. The van der Waals surface area contributed by atoms with Gasteiger partial charge in [0.1, 0.15) is 5.82 Å². The van der Waals surface area contributed by atoms with Crippen molar-refractivity contribution in [1.82, 2.24) is 5.32 Å². The molecule has 6 heteroatoms. The third-order valence-corrected chi connectivity index (χ3v) is 4.16. The van der Waals surface area contributed by atoms with E-state index in [2.05, 4.69) is 5.32 Å². The number of benzene rings is 2. The molecule has 0 atom stereocenters. The van der Waals surface area contributed by atoms with Gasteiger partial charge in [-0.1, -0.05) is 23.7 Å². The average Bonchev–Trinajstić information content (AvgIpc) is 2.99. The van der Waals surface area contributed by atoms with E-state index in [1.54, 1.807) is 4.90 Å². The lowest BCUT2D eigenvalue weighted by molar-refractivity contribution is -0.117. The topological polar surface area (TPSA) is 49.4 Å². The van der Waals surface area contributed by atoms with Gasteiger partial charge < -0.3 is 10.2 Å². The van der Waals surface area contributed by atoms with Gasteiger partial charge in [-0.15, -0.1) is 0 Å². The monoisotopic (exact) mass is 346 g/mol. The Labute approximate surface area is 144 Å². The third-order valence-electron chi connectivity index (χ3n) is 3.92. The number of carbonyl (C=O) groups excluding carboxylic acids is 2. The van der Waals surface area contributed by atoms with Gasteiger partial charge in [0.2, 0.25) is 5.91 Å². The van der Waals surface area contributed by atoms with Crippen LogP contribution in [0.3, 0.4) is 0 Å². The van der Waals surface area contributed by atoms with Crippen LogP contribution in [0.1, 0.15) is 28.8 Å². The quantitative estimate of drug-likeness (QED) is 0.920. The minimum Gasteiger partial charge on any atom is -0.348 e. The van der Waals surface area contributed by atoms with Crippen molar-refractivity contribution in [3.63, 3.8) is 0 Å². The maximum Gasteiger partial charge on any atom is 0.254 e. The third kappa shape index (κ3) is 3.57. The van der Waals surface area contributed by atoms with Crippen molar-refractivity contribution in [2.75, 3.05) is 11.4 Å². The molecular formula is C18H16ClFN2O2. The Balaban J connectivity index is 1.68. The van der Waals surface area contributed by atoms with Crippen LogP contribution in [0.2, 0.25) is 5.02 Å². The Kier molecular flexibility index (Phi) is 4.81. The van der Waals surface area contributed by atoms with Gasteiger partial charge in [0.15, 0.2) is 0 Å². The molecule has 0 aromatic heterocycles. The second kappa shape index (κ2) is 7.01. The Hall–Kier alpha value is -2.40. The highest BCUT2D eigenvalue weighted by Gasteiger charge is 2.21. The van der Waals surface area contributed by atoms with Crippen molar-refractivity contribution >= 4 is 29.1 Å². The summed E-state index contributed by atoms with van der Waals surface area (Å²) < 4.78 is 13.7. The van der Waals surface area contributed by atoms with E-state index in [1.165, 1.54) is 12.1 Å². The van der Waals surface area contributed by atoms with Gasteiger partial charge in [0, 0.05) is 30.2 Å². The Bertz CT molecular complexity index is 794. The van der Waals surface area contributed by atoms with Crippen molar-refractivity contribution in [1.29, 1.82) is 0 Å². The lowest BCUT2D eigenvalue weighted by atomic mass is 10.1. The lowest BCUT2D eigenvalue weighted by Gasteiger charge is -2.16. The maximum atomic E-state index is 13.7. The summed E-state index contributed by atoms with van der Waals surface area (Å²) in [5.74, 6) is -1.05. The highest BCUT2D eigenvalue weighted by molar-refractivity contribution is 6.30. The fourth-order valence-corrected chi connectivity index (χ4v) is 2.87. The minimum atomic E-state index is -0.656. The van der Waals surface area contributed by atoms with Gasteiger partial charge in [0.05, 0.1) is 5.56 Å². The zero-order valence-electron chi connectivity index (χ0n) is 12.9. The van der Waals surface area contributed by atoms with E-state index in [1.807, 2.05) is 24.3 Å². The molecule has 24 heavy (non-hydrogen) atoms. The number of nitrogens with zero attached hydrogens (tertiary/aromatic N) is 1. The van der Waals surface area contributed by atoms with Crippen molar-refractivity contribution in [3.8, 4) is 0 Å². The molecule has 0 bridgehead atoms. The van der Waals surface area contributed by atoms with E-state index in [9.17, 15) is 14.0 Å². The maximum absolute atomic E-state index is 13.7. The molecule has 4 nitrogen and oxygen atoms in total. The summed E-state index contributed by atoms with van der Waals surface area (Å²) >= 11 is 5.68. The van der Waals surface area contributed by atoms with Crippen LogP contribution in [0.4, 0.5) is 10.1 Å². The second-order valence-electron chi connectivity index (χ2n) is 5.63. The molecule has 1 N–H and O–H groups in total. The van der Waals surface area contributed by atoms with Crippen LogP contribution < -0.4 is 10.2 Å². The summed E-state index contributed by atoms with van der Waals surface area (Å²) in [6.07, 6.45) is 1.42. The average molecular weight is 347 g/mol. The Morgan fingerprint density at radius 1 is 1.25 bits per heavy atom. The number of hydrogen-bond donors (Lipinski definition) is 1. The van der Waals surface area contributed by atoms with Crippen LogP contribution in [-0.2, 0) is 11.3 Å². The van der Waals surface area contributed by atoms with E-state index >= 15 is 0 Å². The molecule has 1 saturated heterocycles. The molecule has 3 rings (SSSR count). The first-order valence-electron chi connectivity index (χ1n) is 7.67. The van der Waals surface area contributed by atoms with Gasteiger partial charge in [-0.3, -0.25) is 9.59 Å². The zero-order valence-corrected chi connectivity index (χ0v) is 13.6. The largest absolute Gasteiger partial charge is 0.348 e. The van der Waals surface area contributed by atoms with Gasteiger partial charge in [0.25, 0.3) is 5.91 Å². The van der Waals surface area contributed by atoms with Crippen LogP contribution >= 0.6 is 11.6 Å². The van der Waals surface area contributed by atoms with Crippen LogP contribution in [0.15, 0.2) is 42.5 Å². The molecule has 1 heterocycles. The molecule has 1 aliphatic rings. The van der Waals surface area contributed by atoms with Gasteiger partial charge in [-0.05, 0) is 42.3 Å². The number of amides is 2. The number of carbonyl (C=O) groups is 2. The van der Waals surface area contributed by atoms with E-state index in [0.29, 0.717) is 13.0 Å². The molecular weight excluding hydrogens is 331 g/mol. The molecule has 1 aliphatic heterocycles. The van der Waals surface area contributed by atoms with E-state index in [-0.39, 0.29) is 23.0 Å². The lowest BCUT2D eigenvalue weighted by Crippen LogP contribution is -2.25. The number of rotatable bonds is 4. The van der Waals surface area contributed by atoms with E-state index < -0.39 is 11.7 Å². The normalized spacial score (nSPS) is 14.1. The summed E-state index contributed by atoms with van der Waals surface area (Å²) in [4.78, 5) is 25.6. The molecule has 2 amide bonds. The first-order chi connectivity index (χ1) is 11.5. The highest BCUT2D eigenvalue weighted by atomic mass is 35.5. The summed E-state index contributed by atoms with van der Waals surface area (Å²) in [7, 11) is 0. The van der Waals surface area contributed by atoms with E-state index in [4.69, 9.17) is 11.6 Å². The predicted octanol–water partition coefficient (Wildman–Crippen LogP) is 3.54. The van der Waals surface area contributed by atoms with Crippen LogP contribution in [-0.4, -0.2) is 18.4 Å². The van der Waals surface area contributed by atoms with Crippen molar-refractivity contribution in [2.45, 2.75) is 19.4 Å². The predicted molar refractivity (Wildman–Crippen MR) is 90.6 cm³/mol. The second-order valence-corrected chi connectivity index (χ2v) is 6.06. The van der Waals surface area contributed by atoms with Crippen LogP contribution in [0.25, 0.3) is 0 Å². The van der Waals surface area contributed by atoms with Crippen LogP contribution in [0, 0.1) is 5.82 Å². The Morgan fingerprint density at radius 3 is 2.79 bits per heavy atom. The van der Waals surface area contributed by atoms with Gasteiger partial charge >= 0.3 is 0 Å². The number of halogens is 2. The molecule has 0 unspecified atom stereocenters. The van der Waals surface area contributed by atoms with E-state index in [0.717, 1.165) is 23.7 Å². The summed E-state index contributed by atoms with van der Waals surface area (Å²) in [5, 5.41) is 2.92. The summed E-state index contributed by atoms with van der Waals surface area (Å²) in [5.41, 5.74) is 1.61. The number of anilines is 1. The minimum absolute atomic E-state index is 0.0507. The van der Waals surface area contributed by atoms with Crippen LogP contribution in [0.5, 0.6) is 0 Å². The smallest absolute Gasteiger partial charge is 0.254 e. The zero-order chi connectivity index (χ0) is 17.1. The van der Waals surface area contributed by atoms with Crippen molar-refractivity contribution in [3.05, 3.63) is 64.4 Å². The fraction of sp³-hybridized carbons (Fsp3) is 0.222. The molecule has 2 aromatic carbocycles. The number of hydrogen-bond acceptors (Lipinski definition) is 2. The van der Waals surface area contributed by atoms with Gasteiger partial charge in [-0.2, -0.15) is 0 Å². The Morgan fingerprint density at radius 2 is 2.08 bits per heavy atom. The molecule has 2 aromatic rings. The van der Waals surface area contributed by atoms with Crippen molar-refractivity contribution < 1.29 is 14.0 Å². The highest BCUT2D eigenvalue weighted by Crippen LogP contribution is 2.22. The van der Waals surface area contributed by atoms with Crippen molar-refractivity contribution in [2.24, 2.45) is 0 Å². The van der Waals surface area contributed by atoms with Gasteiger partial charge in [-0.25, -0.2) is 4.39 Å². The molecule has 0 spiro atoms. The molecule has 0 aliphatic carbocycles.